The number of halogens is 1. The summed E-state index contributed by atoms with van der Waals surface area (Å²) in [5.41, 5.74) is 3.57. The van der Waals surface area contributed by atoms with Crippen molar-refractivity contribution in [2.75, 3.05) is 20.8 Å². The number of H-pyrrole nitrogens is 1. The van der Waals surface area contributed by atoms with Crippen LogP contribution in [0.5, 0.6) is 5.75 Å². The SMILES string of the molecule is COC(CN1C(=O)c2[nH]nc(-c3ccc(Br)cc3)c2C1c1cccc(O)c1)OC. The number of aromatic amines is 1. The molecular weight excluding hydrogens is 438 g/mol. The van der Waals surface area contributed by atoms with Crippen LogP contribution >= 0.6 is 15.9 Å². The van der Waals surface area contributed by atoms with Gasteiger partial charge >= 0.3 is 0 Å². The average molecular weight is 458 g/mol. The van der Waals surface area contributed by atoms with E-state index in [9.17, 15) is 9.90 Å². The molecule has 2 aromatic carbocycles. The van der Waals surface area contributed by atoms with Gasteiger partial charge in [-0.25, -0.2) is 0 Å². The lowest BCUT2D eigenvalue weighted by Crippen LogP contribution is -2.38. The number of aromatic nitrogens is 2. The van der Waals surface area contributed by atoms with Crippen LogP contribution in [0.25, 0.3) is 11.3 Å². The van der Waals surface area contributed by atoms with Crippen molar-refractivity contribution in [3.8, 4) is 17.0 Å². The number of fused-ring (bicyclic) bond motifs is 1. The Bertz CT molecular complexity index is 1030. The van der Waals surface area contributed by atoms with Crippen LogP contribution in [0.15, 0.2) is 53.0 Å². The highest BCUT2D eigenvalue weighted by Crippen LogP contribution is 2.43. The fourth-order valence-electron chi connectivity index (χ4n) is 3.66. The van der Waals surface area contributed by atoms with Crippen LogP contribution in [0.2, 0.25) is 0 Å². The van der Waals surface area contributed by atoms with Crippen molar-refractivity contribution in [2.24, 2.45) is 0 Å². The molecule has 1 aliphatic heterocycles. The van der Waals surface area contributed by atoms with E-state index in [-0.39, 0.29) is 18.2 Å². The smallest absolute Gasteiger partial charge is 0.273 e. The van der Waals surface area contributed by atoms with Gasteiger partial charge in [-0.3, -0.25) is 9.89 Å². The molecule has 0 saturated heterocycles. The molecule has 29 heavy (non-hydrogen) atoms. The molecule has 1 unspecified atom stereocenters. The van der Waals surface area contributed by atoms with E-state index in [0.717, 1.165) is 21.2 Å². The fourth-order valence-corrected chi connectivity index (χ4v) is 3.92. The Morgan fingerprint density at radius 2 is 1.93 bits per heavy atom. The number of hydrogen-bond acceptors (Lipinski definition) is 5. The van der Waals surface area contributed by atoms with Crippen molar-refractivity contribution in [1.29, 1.82) is 0 Å². The molecule has 150 valence electrons. The monoisotopic (exact) mass is 457 g/mol. The van der Waals surface area contributed by atoms with Crippen molar-refractivity contribution in [3.05, 3.63) is 69.8 Å². The third kappa shape index (κ3) is 3.55. The van der Waals surface area contributed by atoms with E-state index in [1.807, 2.05) is 30.3 Å². The van der Waals surface area contributed by atoms with E-state index in [0.29, 0.717) is 11.4 Å². The number of phenols is 1. The van der Waals surface area contributed by atoms with Crippen molar-refractivity contribution >= 4 is 21.8 Å². The molecule has 1 aromatic heterocycles. The number of benzene rings is 2. The molecule has 0 aliphatic carbocycles. The van der Waals surface area contributed by atoms with Crippen molar-refractivity contribution in [1.82, 2.24) is 15.1 Å². The second kappa shape index (κ2) is 7.98. The van der Waals surface area contributed by atoms with Crippen LogP contribution < -0.4 is 0 Å². The molecule has 2 heterocycles. The molecule has 2 N–H and O–H groups in total. The van der Waals surface area contributed by atoms with Gasteiger partial charge in [-0.05, 0) is 29.8 Å². The Balaban J connectivity index is 1.85. The summed E-state index contributed by atoms with van der Waals surface area (Å²) in [5, 5.41) is 17.4. The molecule has 0 radical (unpaired) electrons. The molecule has 1 atom stereocenters. The molecule has 0 fully saturated rings. The highest BCUT2D eigenvalue weighted by Gasteiger charge is 2.43. The second-order valence-electron chi connectivity index (χ2n) is 6.72. The Labute approximate surface area is 176 Å². The molecule has 8 heteroatoms. The molecule has 4 rings (SSSR count). The Morgan fingerprint density at radius 1 is 1.21 bits per heavy atom. The first kappa shape index (κ1) is 19.6. The summed E-state index contributed by atoms with van der Waals surface area (Å²) in [6.45, 7) is 0.231. The van der Waals surface area contributed by atoms with Gasteiger partial charge in [-0.1, -0.05) is 40.2 Å². The number of nitrogens with one attached hydrogen (secondary N) is 1. The quantitative estimate of drug-likeness (QED) is 0.550. The van der Waals surface area contributed by atoms with Gasteiger partial charge in [-0.2, -0.15) is 5.10 Å². The standard InChI is InChI=1S/C21H20BrN3O4/c1-28-16(29-2)11-25-20(13-4-3-5-15(26)10-13)17-18(23-24-19(17)21(25)27)12-6-8-14(22)9-7-12/h3-10,16,20,26H,11H2,1-2H3,(H,23,24). The average Bonchev–Trinajstić information content (AvgIpc) is 3.26. The summed E-state index contributed by atoms with van der Waals surface area (Å²) < 4.78 is 11.6. The molecule has 0 spiro atoms. The number of rotatable bonds is 6. The van der Waals surface area contributed by atoms with E-state index in [4.69, 9.17) is 9.47 Å². The number of amides is 1. The van der Waals surface area contributed by atoms with E-state index < -0.39 is 12.3 Å². The summed E-state index contributed by atoms with van der Waals surface area (Å²) in [6.07, 6.45) is -0.577. The van der Waals surface area contributed by atoms with Gasteiger partial charge in [0.1, 0.15) is 11.4 Å². The molecule has 1 aliphatic rings. The van der Waals surface area contributed by atoms with E-state index in [1.54, 1.807) is 23.1 Å². The number of nitrogens with zero attached hydrogens (tertiary/aromatic N) is 2. The maximum absolute atomic E-state index is 13.2. The maximum Gasteiger partial charge on any atom is 0.273 e. The predicted molar refractivity (Wildman–Crippen MR) is 111 cm³/mol. The van der Waals surface area contributed by atoms with Gasteiger partial charge < -0.3 is 19.5 Å². The van der Waals surface area contributed by atoms with Crippen molar-refractivity contribution in [3.63, 3.8) is 0 Å². The van der Waals surface area contributed by atoms with Crippen LogP contribution in [-0.2, 0) is 9.47 Å². The van der Waals surface area contributed by atoms with Gasteiger partial charge in [0.15, 0.2) is 6.29 Å². The van der Waals surface area contributed by atoms with Crippen LogP contribution in [-0.4, -0.2) is 53.2 Å². The molecule has 3 aromatic rings. The molecule has 0 saturated carbocycles. The first-order valence-electron chi connectivity index (χ1n) is 9.03. The number of phenolic OH excluding ortho intramolecular Hbond substituents is 1. The Kier molecular flexibility index (Phi) is 5.40. The molecule has 0 bridgehead atoms. The number of carbonyl (C=O) groups excluding carboxylic acids is 1. The van der Waals surface area contributed by atoms with Crippen LogP contribution in [0.1, 0.15) is 27.7 Å². The number of aromatic hydroxyl groups is 1. The Morgan fingerprint density at radius 3 is 2.59 bits per heavy atom. The summed E-state index contributed by atoms with van der Waals surface area (Å²) >= 11 is 3.44. The zero-order chi connectivity index (χ0) is 20.5. The summed E-state index contributed by atoms with van der Waals surface area (Å²) in [5.74, 6) is -0.0598. The van der Waals surface area contributed by atoms with E-state index in [2.05, 4.69) is 26.1 Å². The van der Waals surface area contributed by atoms with Crippen molar-refractivity contribution in [2.45, 2.75) is 12.3 Å². The zero-order valence-electron chi connectivity index (χ0n) is 15.9. The topological polar surface area (TPSA) is 87.7 Å². The number of carbonyl (C=O) groups is 1. The lowest BCUT2D eigenvalue weighted by molar-refractivity contribution is -0.113. The highest BCUT2D eigenvalue weighted by molar-refractivity contribution is 9.10. The molecule has 1 amide bonds. The number of ether oxygens (including phenoxy) is 2. The molecular formula is C21H20BrN3O4. The van der Waals surface area contributed by atoms with E-state index >= 15 is 0 Å². The Hall–Kier alpha value is -2.68. The third-order valence-electron chi connectivity index (χ3n) is 5.04. The van der Waals surface area contributed by atoms with Crippen LogP contribution in [0.3, 0.4) is 0 Å². The minimum atomic E-state index is -0.577. The summed E-state index contributed by atoms with van der Waals surface area (Å²) in [6, 6.07) is 14.2. The largest absolute Gasteiger partial charge is 0.508 e. The van der Waals surface area contributed by atoms with Gasteiger partial charge in [0.2, 0.25) is 0 Å². The minimum Gasteiger partial charge on any atom is -0.508 e. The van der Waals surface area contributed by atoms with Gasteiger partial charge in [-0.15, -0.1) is 0 Å². The van der Waals surface area contributed by atoms with Gasteiger partial charge in [0.25, 0.3) is 5.91 Å². The molecule has 7 nitrogen and oxygen atoms in total. The predicted octanol–water partition coefficient (Wildman–Crippen LogP) is 3.71. The van der Waals surface area contributed by atoms with Gasteiger partial charge in [0, 0.05) is 29.8 Å². The third-order valence-corrected chi connectivity index (χ3v) is 5.57. The normalized spacial score (nSPS) is 15.9. The van der Waals surface area contributed by atoms with E-state index in [1.165, 1.54) is 14.2 Å². The fraction of sp³-hybridized carbons (Fsp3) is 0.238. The lowest BCUT2D eigenvalue weighted by Gasteiger charge is -2.29. The first-order valence-corrected chi connectivity index (χ1v) is 9.82. The minimum absolute atomic E-state index is 0.132. The van der Waals surface area contributed by atoms with Crippen LogP contribution in [0, 0.1) is 0 Å². The lowest BCUT2D eigenvalue weighted by atomic mass is 9.96. The zero-order valence-corrected chi connectivity index (χ0v) is 17.5. The van der Waals surface area contributed by atoms with Crippen LogP contribution in [0.4, 0.5) is 0 Å². The van der Waals surface area contributed by atoms with Gasteiger partial charge in [0.05, 0.1) is 18.3 Å². The summed E-state index contributed by atoms with van der Waals surface area (Å²) in [7, 11) is 3.07. The van der Waals surface area contributed by atoms with Crippen molar-refractivity contribution < 1.29 is 19.4 Å². The summed E-state index contributed by atoms with van der Waals surface area (Å²) in [4.78, 5) is 14.9. The first-order chi connectivity index (χ1) is 14.0. The number of hydrogen-bond donors (Lipinski definition) is 2. The second-order valence-corrected chi connectivity index (χ2v) is 7.64. The number of methoxy groups -OCH3 is 2. The highest BCUT2D eigenvalue weighted by atomic mass is 79.9. The maximum atomic E-state index is 13.2.